The molecule has 94 valence electrons. The number of carboxylic acids is 1. The highest BCUT2D eigenvalue weighted by atomic mass is 32.1. The van der Waals surface area contributed by atoms with E-state index in [1.54, 1.807) is 0 Å². The van der Waals surface area contributed by atoms with Gasteiger partial charge in [0.1, 0.15) is 5.82 Å². The number of rotatable bonds is 4. The van der Waals surface area contributed by atoms with E-state index in [0.29, 0.717) is 12.0 Å². The Labute approximate surface area is 108 Å². The van der Waals surface area contributed by atoms with E-state index < -0.39 is 11.9 Å². The molecule has 0 amide bonds. The molecule has 1 heterocycles. The van der Waals surface area contributed by atoms with Crippen LogP contribution in [0.1, 0.15) is 22.2 Å². The highest BCUT2D eigenvalue weighted by Crippen LogP contribution is 2.22. The van der Waals surface area contributed by atoms with E-state index in [0.717, 1.165) is 10.7 Å². The predicted molar refractivity (Wildman–Crippen MR) is 67.3 cm³/mol. The van der Waals surface area contributed by atoms with Crippen molar-refractivity contribution in [1.82, 2.24) is 4.98 Å². The van der Waals surface area contributed by atoms with Gasteiger partial charge in [-0.3, -0.25) is 4.79 Å². The fourth-order valence-electron chi connectivity index (χ4n) is 1.75. The number of nitrogens with zero attached hydrogens (tertiary/aromatic N) is 1. The zero-order valence-electron chi connectivity index (χ0n) is 9.76. The highest BCUT2D eigenvalue weighted by Gasteiger charge is 2.21. The normalized spacial score (nSPS) is 12.3. The number of aryl methyl sites for hydroxylation is 1. The molecule has 1 aromatic heterocycles. The number of hydrogen-bond acceptors (Lipinski definition) is 3. The molecule has 18 heavy (non-hydrogen) atoms. The molecule has 0 bridgehead atoms. The molecule has 0 aliphatic carbocycles. The molecule has 1 N–H and O–H groups in total. The van der Waals surface area contributed by atoms with Crippen LogP contribution in [-0.4, -0.2) is 16.1 Å². The summed E-state index contributed by atoms with van der Waals surface area (Å²) in [4.78, 5) is 15.5. The summed E-state index contributed by atoms with van der Waals surface area (Å²) in [6.07, 6.45) is 0.325. The van der Waals surface area contributed by atoms with Crippen molar-refractivity contribution < 1.29 is 14.3 Å². The second kappa shape index (κ2) is 5.27. The predicted octanol–water partition coefficient (Wildman–Crippen LogP) is 3.00. The third kappa shape index (κ3) is 2.92. The molecule has 1 unspecified atom stereocenters. The average molecular weight is 265 g/mol. The van der Waals surface area contributed by atoms with E-state index in [-0.39, 0.29) is 5.82 Å². The average Bonchev–Trinajstić information content (AvgIpc) is 2.73. The molecule has 1 aromatic carbocycles. The molecule has 0 radical (unpaired) electrons. The Morgan fingerprint density at radius 2 is 2.11 bits per heavy atom. The molecule has 0 spiro atoms. The van der Waals surface area contributed by atoms with Gasteiger partial charge in [-0.05, 0) is 24.6 Å². The molecular weight excluding hydrogens is 253 g/mol. The highest BCUT2D eigenvalue weighted by molar-refractivity contribution is 7.09. The van der Waals surface area contributed by atoms with Crippen LogP contribution < -0.4 is 0 Å². The minimum atomic E-state index is -0.924. The Kier molecular flexibility index (Phi) is 3.72. The summed E-state index contributed by atoms with van der Waals surface area (Å²) < 4.78 is 12.8. The smallest absolute Gasteiger partial charge is 0.311 e. The fourth-order valence-corrected chi connectivity index (χ4v) is 2.38. The summed E-state index contributed by atoms with van der Waals surface area (Å²) in [5.41, 5.74) is 1.35. The Balaban J connectivity index is 2.23. The Morgan fingerprint density at radius 3 is 2.61 bits per heavy atom. The summed E-state index contributed by atoms with van der Waals surface area (Å²) >= 11 is 1.49. The zero-order valence-corrected chi connectivity index (χ0v) is 10.6. The minimum Gasteiger partial charge on any atom is -0.481 e. The lowest BCUT2D eigenvalue weighted by Gasteiger charge is -2.11. The van der Waals surface area contributed by atoms with Crippen LogP contribution in [0, 0.1) is 12.7 Å². The van der Waals surface area contributed by atoms with Crippen LogP contribution in [0.5, 0.6) is 0 Å². The van der Waals surface area contributed by atoms with E-state index >= 15 is 0 Å². The Hall–Kier alpha value is -1.75. The van der Waals surface area contributed by atoms with Crippen molar-refractivity contribution in [2.75, 3.05) is 0 Å². The lowest BCUT2D eigenvalue weighted by Crippen LogP contribution is -2.14. The van der Waals surface area contributed by atoms with Crippen LogP contribution in [0.4, 0.5) is 4.39 Å². The number of carbonyl (C=O) groups is 1. The van der Waals surface area contributed by atoms with Crippen molar-refractivity contribution in [1.29, 1.82) is 0 Å². The van der Waals surface area contributed by atoms with Crippen LogP contribution in [0.15, 0.2) is 29.6 Å². The van der Waals surface area contributed by atoms with E-state index in [1.165, 1.54) is 35.6 Å². The van der Waals surface area contributed by atoms with Gasteiger partial charge in [-0.15, -0.1) is 11.3 Å². The number of thiazole rings is 1. The van der Waals surface area contributed by atoms with Gasteiger partial charge in [-0.2, -0.15) is 0 Å². The number of aromatic nitrogens is 1. The van der Waals surface area contributed by atoms with Gasteiger partial charge in [0, 0.05) is 11.8 Å². The van der Waals surface area contributed by atoms with Gasteiger partial charge in [-0.25, -0.2) is 9.37 Å². The molecule has 0 fully saturated rings. The fraction of sp³-hybridized carbons (Fsp3) is 0.231. The first kappa shape index (κ1) is 12.7. The van der Waals surface area contributed by atoms with Crippen LogP contribution in [-0.2, 0) is 11.2 Å². The van der Waals surface area contributed by atoms with Crippen LogP contribution in [0.3, 0.4) is 0 Å². The SMILES string of the molecule is Cc1nc(CC(C(=O)O)c2ccc(F)cc2)cs1. The third-order valence-corrected chi connectivity index (χ3v) is 3.47. The quantitative estimate of drug-likeness (QED) is 0.924. The molecule has 0 saturated carbocycles. The maximum Gasteiger partial charge on any atom is 0.311 e. The lowest BCUT2D eigenvalue weighted by atomic mass is 9.95. The van der Waals surface area contributed by atoms with Crippen LogP contribution in [0.25, 0.3) is 0 Å². The van der Waals surface area contributed by atoms with Crippen molar-refractivity contribution in [3.05, 3.63) is 51.7 Å². The standard InChI is InChI=1S/C13H12FNO2S/c1-8-15-11(7-18-8)6-12(13(16)17)9-2-4-10(14)5-3-9/h2-5,7,12H,6H2,1H3,(H,16,17). The monoisotopic (exact) mass is 265 g/mol. The number of hydrogen-bond donors (Lipinski definition) is 1. The summed E-state index contributed by atoms with van der Waals surface area (Å²) in [6.45, 7) is 1.88. The van der Waals surface area contributed by atoms with Crippen molar-refractivity contribution in [3.63, 3.8) is 0 Å². The molecule has 0 aliphatic rings. The van der Waals surface area contributed by atoms with Gasteiger partial charge < -0.3 is 5.11 Å². The largest absolute Gasteiger partial charge is 0.481 e. The van der Waals surface area contributed by atoms with Gasteiger partial charge in [0.15, 0.2) is 0 Å². The van der Waals surface area contributed by atoms with Crippen molar-refractivity contribution in [2.45, 2.75) is 19.3 Å². The lowest BCUT2D eigenvalue weighted by molar-refractivity contribution is -0.138. The first-order chi connectivity index (χ1) is 8.56. The zero-order chi connectivity index (χ0) is 13.1. The first-order valence-electron chi connectivity index (χ1n) is 5.45. The minimum absolute atomic E-state index is 0.325. The summed E-state index contributed by atoms with van der Waals surface area (Å²) in [5, 5.41) is 12.0. The van der Waals surface area contributed by atoms with Crippen molar-refractivity contribution in [2.24, 2.45) is 0 Å². The Morgan fingerprint density at radius 1 is 1.44 bits per heavy atom. The third-order valence-electron chi connectivity index (χ3n) is 2.65. The molecule has 1 atom stereocenters. The van der Waals surface area contributed by atoms with E-state index in [4.69, 9.17) is 0 Å². The molecule has 2 rings (SSSR count). The summed E-state index contributed by atoms with van der Waals surface area (Å²) in [5.74, 6) is -1.98. The second-order valence-corrected chi connectivity index (χ2v) is 5.07. The number of carboxylic acid groups (broad SMARTS) is 1. The topological polar surface area (TPSA) is 50.2 Å². The van der Waals surface area contributed by atoms with Gasteiger partial charge in [0.05, 0.1) is 16.6 Å². The Bertz CT molecular complexity index is 550. The van der Waals surface area contributed by atoms with Gasteiger partial charge >= 0.3 is 5.97 Å². The van der Waals surface area contributed by atoms with E-state index in [1.807, 2.05) is 12.3 Å². The summed E-state index contributed by atoms with van der Waals surface area (Å²) in [6, 6.07) is 5.57. The molecule has 5 heteroatoms. The van der Waals surface area contributed by atoms with Crippen LogP contribution in [0.2, 0.25) is 0 Å². The van der Waals surface area contributed by atoms with Crippen molar-refractivity contribution >= 4 is 17.3 Å². The maximum absolute atomic E-state index is 12.8. The molecule has 0 saturated heterocycles. The van der Waals surface area contributed by atoms with Crippen LogP contribution >= 0.6 is 11.3 Å². The number of benzene rings is 1. The van der Waals surface area contributed by atoms with Gasteiger partial charge in [0.25, 0.3) is 0 Å². The second-order valence-electron chi connectivity index (χ2n) is 4.00. The molecule has 0 aliphatic heterocycles. The molecule has 3 nitrogen and oxygen atoms in total. The van der Waals surface area contributed by atoms with Crippen molar-refractivity contribution in [3.8, 4) is 0 Å². The number of aliphatic carboxylic acids is 1. The van der Waals surface area contributed by atoms with Gasteiger partial charge in [-0.1, -0.05) is 12.1 Å². The summed E-state index contributed by atoms with van der Waals surface area (Å²) in [7, 11) is 0. The molecule has 2 aromatic rings. The first-order valence-corrected chi connectivity index (χ1v) is 6.33. The van der Waals surface area contributed by atoms with E-state index in [2.05, 4.69) is 4.98 Å². The van der Waals surface area contributed by atoms with E-state index in [9.17, 15) is 14.3 Å². The maximum atomic E-state index is 12.8. The molecular formula is C13H12FNO2S. The van der Waals surface area contributed by atoms with Gasteiger partial charge in [0.2, 0.25) is 0 Å². The number of halogens is 1.